The second-order valence-corrected chi connectivity index (χ2v) is 4.87. The zero-order valence-electron chi connectivity index (χ0n) is 11.9. The van der Waals surface area contributed by atoms with Crippen molar-refractivity contribution in [1.82, 2.24) is 15.0 Å². The summed E-state index contributed by atoms with van der Waals surface area (Å²) in [6, 6.07) is 4.67. The van der Waals surface area contributed by atoms with E-state index in [2.05, 4.69) is 15.0 Å². The minimum absolute atomic E-state index is 0.0192. The van der Waals surface area contributed by atoms with Crippen LogP contribution in [0.2, 0.25) is 0 Å². The van der Waals surface area contributed by atoms with Crippen molar-refractivity contribution in [3.63, 3.8) is 0 Å². The summed E-state index contributed by atoms with van der Waals surface area (Å²) in [6.07, 6.45) is -3.37. The first-order valence-corrected chi connectivity index (χ1v) is 6.31. The number of hydrogen-bond acceptors (Lipinski definition) is 4. The molecule has 0 saturated carbocycles. The number of aromatic nitrogens is 3. The molecule has 0 bridgehead atoms. The third-order valence-electron chi connectivity index (χ3n) is 2.82. The molecule has 7 heteroatoms. The first-order chi connectivity index (χ1) is 9.75. The van der Waals surface area contributed by atoms with E-state index in [9.17, 15) is 13.2 Å². The topological polar surface area (TPSA) is 41.9 Å². The zero-order valence-corrected chi connectivity index (χ0v) is 11.9. The lowest BCUT2D eigenvalue weighted by Crippen LogP contribution is -2.21. The first kappa shape index (κ1) is 15.2. The number of aryl methyl sites for hydroxylation is 2. The second kappa shape index (κ2) is 5.67. The molecule has 0 N–H and O–H groups in total. The van der Waals surface area contributed by atoms with Gasteiger partial charge in [0.1, 0.15) is 5.69 Å². The molecule has 2 aromatic heterocycles. The molecule has 0 unspecified atom stereocenters. The highest BCUT2D eigenvalue weighted by molar-refractivity contribution is 5.31. The Balaban J connectivity index is 2.22. The summed E-state index contributed by atoms with van der Waals surface area (Å²) in [5.74, 6) is 0.0192. The molecule has 0 fully saturated rings. The molecule has 0 aromatic carbocycles. The largest absolute Gasteiger partial charge is 0.433 e. The average molecular weight is 296 g/mol. The van der Waals surface area contributed by atoms with Gasteiger partial charge < -0.3 is 4.90 Å². The number of halogens is 3. The van der Waals surface area contributed by atoms with E-state index in [4.69, 9.17) is 0 Å². The summed E-state index contributed by atoms with van der Waals surface area (Å²) in [7, 11) is 1.63. The smallest absolute Gasteiger partial charge is 0.338 e. The van der Waals surface area contributed by atoms with Gasteiger partial charge in [0.25, 0.3) is 0 Å². The Morgan fingerprint density at radius 2 is 1.86 bits per heavy atom. The van der Waals surface area contributed by atoms with Crippen molar-refractivity contribution in [2.24, 2.45) is 0 Å². The summed E-state index contributed by atoms with van der Waals surface area (Å²) < 4.78 is 37.9. The molecule has 0 amide bonds. The number of hydrogen-bond donors (Lipinski definition) is 0. The first-order valence-electron chi connectivity index (χ1n) is 6.31. The summed E-state index contributed by atoms with van der Waals surface area (Å²) in [6.45, 7) is 4.15. The molecule has 0 aliphatic heterocycles. The van der Waals surface area contributed by atoms with Crippen LogP contribution in [0.5, 0.6) is 0 Å². The van der Waals surface area contributed by atoms with Gasteiger partial charge in [-0.15, -0.1) is 0 Å². The van der Waals surface area contributed by atoms with E-state index in [1.54, 1.807) is 7.05 Å². The van der Waals surface area contributed by atoms with Gasteiger partial charge >= 0.3 is 6.18 Å². The highest BCUT2D eigenvalue weighted by Crippen LogP contribution is 2.28. The molecule has 21 heavy (non-hydrogen) atoms. The van der Waals surface area contributed by atoms with Crippen LogP contribution in [0.3, 0.4) is 0 Å². The fourth-order valence-corrected chi connectivity index (χ4v) is 2.01. The molecule has 0 radical (unpaired) electrons. The van der Waals surface area contributed by atoms with Crippen molar-refractivity contribution in [1.29, 1.82) is 0 Å². The molecule has 4 nitrogen and oxygen atoms in total. The van der Waals surface area contributed by atoms with Crippen molar-refractivity contribution in [2.75, 3.05) is 11.9 Å². The zero-order chi connectivity index (χ0) is 15.6. The normalized spacial score (nSPS) is 11.5. The molecule has 2 aromatic rings. The van der Waals surface area contributed by atoms with Gasteiger partial charge in [0.2, 0.25) is 5.95 Å². The van der Waals surface area contributed by atoms with Gasteiger partial charge in [-0.05, 0) is 37.6 Å². The van der Waals surface area contributed by atoms with Crippen LogP contribution in [0, 0.1) is 13.8 Å². The molecular formula is C14H15F3N4. The molecule has 0 atom stereocenters. The Bertz CT molecular complexity index is 620. The van der Waals surface area contributed by atoms with Crippen molar-refractivity contribution < 1.29 is 13.2 Å². The Morgan fingerprint density at radius 3 is 2.48 bits per heavy atom. The van der Waals surface area contributed by atoms with Crippen molar-refractivity contribution in [2.45, 2.75) is 26.6 Å². The van der Waals surface area contributed by atoms with Crippen molar-refractivity contribution in [3.05, 3.63) is 47.0 Å². The Morgan fingerprint density at radius 1 is 1.14 bits per heavy atom. The van der Waals surface area contributed by atoms with E-state index >= 15 is 0 Å². The molecule has 2 rings (SSSR count). The van der Waals surface area contributed by atoms with Crippen molar-refractivity contribution >= 4 is 5.95 Å². The molecule has 2 heterocycles. The minimum atomic E-state index is -4.48. The van der Waals surface area contributed by atoms with E-state index in [-0.39, 0.29) is 5.95 Å². The maximum atomic E-state index is 12.6. The number of anilines is 1. The molecule has 0 aliphatic rings. The van der Waals surface area contributed by atoms with Crippen LogP contribution in [-0.2, 0) is 12.7 Å². The fourth-order valence-electron chi connectivity index (χ4n) is 2.01. The minimum Gasteiger partial charge on any atom is -0.338 e. The Labute approximate surface area is 120 Å². The van der Waals surface area contributed by atoms with Crippen LogP contribution in [0.4, 0.5) is 19.1 Å². The quantitative estimate of drug-likeness (QED) is 0.872. The van der Waals surface area contributed by atoms with Gasteiger partial charge in [-0.3, -0.25) is 4.98 Å². The predicted molar refractivity (Wildman–Crippen MR) is 72.9 cm³/mol. The SMILES string of the molecule is Cc1cc(C)nc(CN(C)c2nccc(C(F)(F)F)n2)c1. The van der Waals surface area contributed by atoms with E-state index in [0.717, 1.165) is 29.2 Å². The molecular weight excluding hydrogens is 281 g/mol. The van der Waals surface area contributed by atoms with E-state index in [1.165, 1.54) is 4.90 Å². The standard InChI is InChI=1S/C14H15F3N4/c1-9-6-10(2)19-11(7-9)8-21(3)13-18-5-4-12(20-13)14(15,16)17/h4-7H,8H2,1-3H3. The fraction of sp³-hybridized carbons (Fsp3) is 0.357. The van der Waals surface area contributed by atoms with Gasteiger partial charge in [0, 0.05) is 18.9 Å². The maximum absolute atomic E-state index is 12.6. The van der Waals surface area contributed by atoms with Crippen LogP contribution < -0.4 is 4.90 Å². The third-order valence-corrected chi connectivity index (χ3v) is 2.82. The van der Waals surface area contributed by atoms with E-state index < -0.39 is 11.9 Å². The van der Waals surface area contributed by atoms with Crippen LogP contribution in [0.15, 0.2) is 24.4 Å². The number of rotatable bonds is 3. The van der Waals surface area contributed by atoms with Crippen LogP contribution in [0.1, 0.15) is 22.6 Å². The maximum Gasteiger partial charge on any atom is 0.433 e. The average Bonchev–Trinajstić information content (AvgIpc) is 2.36. The van der Waals surface area contributed by atoms with Gasteiger partial charge in [-0.2, -0.15) is 13.2 Å². The summed E-state index contributed by atoms with van der Waals surface area (Å²) in [5, 5.41) is 0. The van der Waals surface area contributed by atoms with Gasteiger partial charge in [-0.1, -0.05) is 0 Å². The van der Waals surface area contributed by atoms with Gasteiger partial charge in [0.05, 0.1) is 12.2 Å². The Kier molecular flexibility index (Phi) is 4.11. The summed E-state index contributed by atoms with van der Waals surface area (Å²) >= 11 is 0. The van der Waals surface area contributed by atoms with Gasteiger partial charge in [-0.25, -0.2) is 9.97 Å². The lowest BCUT2D eigenvalue weighted by atomic mass is 10.2. The summed E-state index contributed by atoms with van der Waals surface area (Å²) in [4.78, 5) is 13.3. The van der Waals surface area contributed by atoms with E-state index in [1.807, 2.05) is 26.0 Å². The van der Waals surface area contributed by atoms with E-state index in [0.29, 0.717) is 6.54 Å². The molecule has 0 spiro atoms. The van der Waals surface area contributed by atoms with Crippen molar-refractivity contribution in [3.8, 4) is 0 Å². The summed E-state index contributed by atoms with van der Waals surface area (Å²) in [5.41, 5.74) is 1.72. The number of alkyl halides is 3. The Hall–Kier alpha value is -2.18. The molecule has 0 saturated heterocycles. The lowest BCUT2D eigenvalue weighted by molar-refractivity contribution is -0.141. The third kappa shape index (κ3) is 3.90. The lowest BCUT2D eigenvalue weighted by Gasteiger charge is -2.18. The number of nitrogens with zero attached hydrogens (tertiary/aromatic N) is 4. The monoisotopic (exact) mass is 296 g/mol. The van der Waals surface area contributed by atoms with Gasteiger partial charge in [0.15, 0.2) is 0 Å². The van der Waals surface area contributed by atoms with Crippen LogP contribution in [0.25, 0.3) is 0 Å². The molecule has 112 valence electrons. The number of pyridine rings is 1. The highest BCUT2D eigenvalue weighted by atomic mass is 19.4. The predicted octanol–water partition coefficient (Wildman–Crippen LogP) is 3.14. The van der Waals surface area contributed by atoms with Crippen LogP contribution in [-0.4, -0.2) is 22.0 Å². The second-order valence-electron chi connectivity index (χ2n) is 4.87. The van der Waals surface area contributed by atoms with Crippen LogP contribution >= 0.6 is 0 Å². The highest BCUT2D eigenvalue weighted by Gasteiger charge is 2.33. The molecule has 0 aliphatic carbocycles.